The minimum absolute atomic E-state index is 0.856. The van der Waals surface area contributed by atoms with Crippen molar-refractivity contribution >= 4 is 0 Å². The van der Waals surface area contributed by atoms with Crippen LogP contribution in [-0.2, 0) is 0 Å². The predicted molar refractivity (Wildman–Crippen MR) is 75.9 cm³/mol. The molecule has 2 unspecified atom stereocenters. The molecule has 1 aromatic carbocycles. The SMILES string of the molecule is CCNCC1CCC1CCCOc1ccccc1. The lowest BCUT2D eigenvalue weighted by Crippen LogP contribution is -2.35. The Morgan fingerprint density at radius 2 is 1.94 bits per heavy atom. The van der Waals surface area contributed by atoms with E-state index in [0.717, 1.165) is 30.7 Å². The zero-order valence-electron chi connectivity index (χ0n) is 11.4. The van der Waals surface area contributed by atoms with Crippen molar-refractivity contribution in [2.75, 3.05) is 19.7 Å². The minimum atomic E-state index is 0.856. The number of hydrogen-bond acceptors (Lipinski definition) is 2. The predicted octanol–water partition coefficient (Wildman–Crippen LogP) is 3.48. The van der Waals surface area contributed by atoms with Gasteiger partial charge in [0.2, 0.25) is 0 Å². The summed E-state index contributed by atoms with van der Waals surface area (Å²) in [7, 11) is 0. The van der Waals surface area contributed by atoms with E-state index in [-0.39, 0.29) is 0 Å². The van der Waals surface area contributed by atoms with Crippen molar-refractivity contribution in [3.05, 3.63) is 30.3 Å². The summed E-state index contributed by atoms with van der Waals surface area (Å²) in [4.78, 5) is 0. The van der Waals surface area contributed by atoms with Gasteiger partial charge in [0.1, 0.15) is 5.75 Å². The summed E-state index contributed by atoms with van der Waals surface area (Å²) < 4.78 is 5.73. The summed E-state index contributed by atoms with van der Waals surface area (Å²) in [5.41, 5.74) is 0. The third-order valence-corrected chi connectivity index (χ3v) is 3.96. The maximum absolute atomic E-state index is 5.73. The average Bonchev–Trinajstić information content (AvgIpc) is 2.39. The molecular formula is C16H25NO. The molecule has 1 saturated carbocycles. The lowest BCUT2D eigenvalue weighted by Gasteiger charge is -2.37. The molecule has 0 amide bonds. The van der Waals surface area contributed by atoms with Gasteiger partial charge < -0.3 is 10.1 Å². The molecule has 1 aromatic rings. The summed E-state index contributed by atoms with van der Waals surface area (Å²) in [6.45, 7) is 5.34. The first-order valence-corrected chi connectivity index (χ1v) is 7.28. The van der Waals surface area contributed by atoms with Crippen LogP contribution < -0.4 is 10.1 Å². The van der Waals surface area contributed by atoms with Gasteiger partial charge in [0.25, 0.3) is 0 Å². The van der Waals surface area contributed by atoms with Crippen LogP contribution >= 0.6 is 0 Å². The molecule has 0 spiro atoms. The zero-order chi connectivity index (χ0) is 12.6. The van der Waals surface area contributed by atoms with E-state index in [1.54, 1.807) is 0 Å². The Balaban J connectivity index is 1.56. The quantitative estimate of drug-likeness (QED) is 0.710. The van der Waals surface area contributed by atoms with Gasteiger partial charge in [-0.2, -0.15) is 0 Å². The molecule has 2 heteroatoms. The second-order valence-electron chi connectivity index (χ2n) is 5.21. The van der Waals surface area contributed by atoms with Crippen LogP contribution in [0.5, 0.6) is 5.75 Å². The van der Waals surface area contributed by atoms with E-state index in [1.807, 2.05) is 30.3 Å². The Kier molecular flexibility index (Phi) is 5.53. The third kappa shape index (κ3) is 4.02. The fourth-order valence-corrected chi connectivity index (χ4v) is 2.67. The van der Waals surface area contributed by atoms with Crippen LogP contribution in [0.15, 0.2) is 30.3 Å². The van der Waals surface area contributed by atoms with E-state index in [0.29, 0.717) is 0 Å². The van der Waals surface area contributed by atoms with E-state index < -0.39 is 0 Å². The van der Waals surface area contributed by atoms with Crippen molar-refractivity contribution in [1.29, 1.82) is 0 Å². The maximum Gasteiger partial charge on any atom is 0.119 e. The van der Waals surface area contributed by atoms with Crippen LogP contribution in [-0.4, -0.2) is 19.7 Å². The fourth-order valence-electron chi connectivity index (χ4n) is 2.67. The second-order valence-corrected chi connectivity index (χ2v) is 5.21. The smallest absolute Gasteiger partial charge is 0.119 e. The molecule has 0 heterocycles. The summed E-state index contributed by atoms with van der Waals surface area (Å²) in [6.07, 6.45) is 5.34. The lowest BCUT2D eigenvalue weighted by atomic mass is 9.71. The normalized spacial score (nSPS) is 22.5. The van der Waals surface area contributed by atoms with Crippen molar-refractivity contribution in [2.24, 2.45) is 11.8 Å². The first kappa shape index (κ1) is 13.4. The van der Waals surface area contributed by atoms with Gasteiger partial charge in [0.15, 0.2) is 0 Å². The van der Waals surface area contributed by atoms with E-state index in [1.165, 1.54) is 32.2 Å². The summed E-state index contributed by atoms with van der Waals surface area (Å²) in [6, 6.07) is 10.1. The van der Waals surface area contributed by atoms with Crippen LogP contribution in [0.25, 0.3) is 0 Å². The number of ether oxygens (including phenoxy) is 1. The van der Waals surface area contributed by atoms with Gasteiger partial charge >= 0.3 is 0 Å². The van der Waals surface area contributed by atoms with Crippen LogP contribution in [0.1, 0.15) is 32.6 Å². The Morgan fingerprint density at radius 1 is 1.17 bits per heavy atom. The molecular weight excluding hydrogens is 222 g/mol. The van der Waals surface area contributed by atoms with Gasteiger partial charge in [-0.15, -0.1) is 0 Å². The Hall–Kier alpha value is -1.02. The molecule has 2 rings (SSSR count). The highest BCUT2D eigenvalue weighted by Gasteiger charge is 2.29. The highest BCUT2D eigenvalue weighted by atomic mass is 16.5. The molecule has 0 radical (unpaired) electrons. The van der Waals surface area contributed by atoms with Gasteiger partial charge in [-0.05, 0) is 62.7 Å². The average molecular weight is 247 g/mol. The Morgan fingerprint density at radius 3 is 2.61 bits per heavy atom. The number of para-hydroxylation sites is 1. The first-order valence-electron chi connectivity index (χ1n) is 7.28. The van der Waals surface area contributed by atoms with Crippen molar-refractivity contribution in [3.8, 4) is 5.75 Å². The van der Waals surface area contributed by atoms with Crippen molar-refractivity contribution in [1.82, 2.24) is 5.32 Å². The zero-order valence-corrected chi connectivity index (χ0v) is 11.4. The maximum atomic E-state index is 5.73. The Labute approximate surface area is 111 Å². The van der Waals surface area contributed by atoms with Crippen LogP contribution in [0.4, 0.5) is 0 Å². The minimum Gasteiger partial charge on any atom is -0.494 e. The standard InChI is InChI=1S/C16H25NO/c1-2-17-13-15-11-10-14(15)7-6-12-18-16-8-4-3-5-9-16/h3-5,8-9,14-15,17H,2,6-7,10-13H2,1H3. The van der Waals surface area contributed by atoms with Crippen molar-refractivity contribution < 1.29 is 4.74 Å². The highest BCUT2D eigenvalue weighted by molar-refractivity contribution is 5.20. The largest absolute Gasteiger partial charge is 0.494 e. The third-order valence-electron chi connectivity index (χ3n) is 3.96. The number of rotatable bonds is 8. The van der Waals surface area contributed by atoms with Gasteiger partial charge in [0, 0.05) is 0 Å². The van der Waals surface area contributed by atoms with Crippen molar-refractivity contribution in [2.45, 2.75) is 32.6 Å². The molecule has 0 bridgehead atoms. The Bertz CT molecular complexity index is 325. The molecule has 0 saturated heterocycles. The topological polar surface area (TPSA) is 21.3 Å². The monoisotopic (exact) mass is 247 g/mol. The summed E-state index contributed by atoms with van der Waals surface area (Å²) in [5.74, 6) is 2.85. The summed E-state index contributed by atoms with van der Waals surface area (Å²) >= 11 is 0. The van der Waals surface area contributed by atoms with E-state index in [4.69, 9.17) is 4.74 Å². The van der Waals surface area contributed by atoms with E-state index in [9.17, 15) is 0 Å². The highest BCUT2D eigenvalue weighted by Crippen LogP contribution is 2.37. The van der Waals surface area contributed by atoms with Gasteiger partial charge in [-0.1, -0.05) is 25.1 Å². The fraction of sp³-hybridized carbons (Fsp3) is 0.625. The number of benzene rings is 1. The molecule has 1 fully saturated rings. The molecule has 1 aliphatic carbocycles. The molecule has 2 atom stereocenters. The molecule has 18 heavy (non-hydrogen) atoms. The number of nitrogens with one attached hydrogen (secondary N) is 1. The molecule has 2 nitrogen and oxygen atoms in total. The first-order chi connectivity index (χ1) is 8.90. The van der Waals surface area contributed by atoms with Crippen LogP contribution in [0.3, 0.4) is 0 Å². The second kappa shape index (κ2) is 7.42. The molecule has 1 aliphatic rings. The molecule has 100 valence electrons. The molecule has 1 N–H and O–H groups in total. The van der Waals surface area contributed by atoms with E-state index >= 15 is 0 Å². The van der Waals surface area contributed by atoms with Gasteiger partial charge in [0.05, 0.1) is 6.61 Å². The van der Waals surface area contributed by atoms with Gasteiger partial charge in [-0.3, -0.25) is 0 Å². The molecule has 0 aliphatic heterocycles. The van der Waals surface area contributed by atoms with Crippen LogP contribution in [0, 0.1) is 11.8 Å². The summed E-state index contributed by atoms with van der Waals surface area (Å²) in [5, 5.41) is 3.47. The van der Waals surface area contributed by atoms with Crippen LogP contribution in [0.2, 0.25) is 0 Å². The van der Waals surface area contributed by atoms with Gasteiger partial charge in [-0.25, -0.2) is 0 Å². The lowest BCUT2D eigenvalue weighted by molar-refractivity contribution is 0.149. The van der Waals surface area contributed by atoms with Crippen molar-refractivity contribution in [3.63, 3.8) is 0 Å². The molecule has 0 aromatic heterocycles. The van der Waals surface area contributed by atoms with E-state index in [2.05, 4.69) is 12.2 Å². The number of hydrogen-bond donors (Lipinski definition) is 1.